The van der Waals surface area contributed by atoms with Crippen LogP contribution in [0.15, 0.2) is 30.3 Å². The lowest BCUT2D eigenvalue weighted by molar-refractivity contribution is 0.0343. The maximum absolute atomic E-state index is 10.3. The van der Waals surface area contributed by atoms with Gasteiger partial charge in [0.2, 0.25) is 0 Å². The molecule has 0 radical (unpaired) electrons. The van der Waals surface area contributed by atoms with Gasteiger partial charge in [0.1, 0.15) is 0 Å². The number of hydrogen-bond acceptors (Lipinski definition) is 1. The van der Waals surface area contributed by atoms with Gasteiger partial charge in [-0.25, -0.2) is 0 Å². The molecular weight excluding hydrogens is 160 g/mol. The van der Waals surface area contributed by atoms with E-state index in [9.17, 15) is 5.11 Å². The topological polar surface area (TPSA) is 20.2 Å². The van der Waals surface area contributed by atoms with Gasteiger partial charge in [0.15, 0.2) is 0 Å². The Hall–Kier alpha value is -1.08. The van der Waals surface area contributed by atoms with Crippen molar-refractivity contribution in [3.05, 3.63) is 41.5 Å². The summed E-state index contributed by atoms with van der Waals surface area (Å²) in [5.41, 5.74) is 1.59. The second-order valence-corrected chi connectivity index (χ2v) is 3.58. The van der Waals surface area contributed by atoms with E-state index in [0.29, 0.717) is 0 Å². The van der Waals surface area contributed by atoms with Crippen molar-refractivity contribution in [1.29, 1.82) is 0 Å². The Bertz CT molecular complexity index is 341. The third-order valence-electron chi connectivity index (χ3n) is 2.80. The molecule has 0 fully saturated rings. The Morgan fingerprint density at radius 1 is 1.38 bits per heavy atom. The van der Waals surface area contributed by atoms with Crippen LogP contribution in [0.3, 0.4) is 0 Å². The van der Waals surface area contributed by atoms with Gasteiger partial charge in [0, 0.05) is 0 Å². The first-order chi connectivity index (χ1) is 6.26. The quantitative estimate of drug-likeness (QED) is 0.694. The van der Waals surface area contributed by atoms with Crippen LogP contribution in [0.2, 0.25) is 0 Å². The van der Waals surface area contributed by atoms with Crippen molar-refractivity contribution in [2.24, 2.45) is 0 Å². The van der Waals surface area contributed by atoms with Crippen molar-refractivity contribution in [2.45, 2.75) is 25.4 Å². The SMILES string of the molecule is CCC1(O)CC=Cc2ccccc21. The molecule has 1 aliphatic rings. The minimum Gasteiger partial charge on any atom is -0.385 e. The predicted octanol–water partition coefficient (Wildman–Crippen LogP) is 2.70. The number of rotatable bonds is 1. The minimum absolute atomic E-state index is 0.634. The summed E-state index contributed by atoms with van der Waals surface area (Å²) in [6.45, 7) is 2.02. The molecule has 0 bridgehead atoms. The molecule has 1 atom stereocenters. The summed E-state index contributed by atoms with van der Waals surface area (Å²) in [7, 11) is 0. The molecule has 1 unspecified atom stereocenters. The summed E-state index contributed by atoms with van der Waals surface area (Å²) in [5, 5.41) is 10.3. The lowest BCUT2D eigenvalue weighted by Crippen LogP contribution is -2.26. The van der Waals surface area contributed by atoms with E-state index >= 15 is 0 Å². The average molecular weight is 174 g/mol. The second kappa shape index (κ2) is 3.00. The molecule has 0 saturated heterocycles. The van der Waals surface area contributed by atoms with Gasteiger partial charge in [-0.2, -0.15) is 0 Å². The molecule has 2 rings (SSSR count). The molecule has 0 amide bonds. The number of benzene rings is 1. The van der Waals surface area contributed by atoms with Crippen molar-refractivity contribution in [1.82, 2.24) is 0 Å². The average Bonchev–Trinajstić information content (AvgIpc) is 2.19. The summed E-state index contributed by atoms with van der Waals surface area (Å²) < 4.78 is 0. The van der Waals surface area contributed by atoms with E-state index in [0.717, 1.165) is 24.0 Å². The van der Waals surface area contributed by atoms with Crippen LogP contribution in [0.25, 0.3) is 6.08 Å². The Morgan fingerprint density at radius 3 is 2.92 bits per heavy atom. The largest absolute Gasteiger partial charge is 0.385 e. The molecule has 1 aromatic rings. The fourth-order valence-electron chi connectivity index (χ4n) is 1.89. The second-order valence-electron chi connectivity index (χ2n) is 3.58. The highest BCUT2D eigenvalue weighted by molar-refractivity contribution is 5.58. The molecule has 1 aliphatic carbocycles. The van der Waals surface area contributed by atoms with Crippen molar-refractivity contribution >= 4 is 6.08 Å². The number of aliphatic hydroxyl groups is 1. The van der Waals surface area contributed by atoms with Gasteiger partial charge >= 0.3 is 0 Å². The zero-order chi connectivity index (χ0) is 9.31. The van der Waals surface area contributed by atoms with Crippen molar-refractivity contribution in [3.63, 3.8) is 0 Å². The molecule has 1 heteroatoms. The highest BCUT2D eigenvalue weighted by Gasteiger charge is 2.29. The summed E-state index contributed by atoms with van der Waals surface area (Å²) in [6, 6.07) is 8.05. The van der Waals surface area contributed by atoms with Crippen LogP contribution in [0.1, 0.15) is 30.9 Å². The standard InChI is InChI=1S/C12H14O/c1-2-12(13)9-5-7-10-6-3-4-8-11(10)12/h3-8,13H,2,9H2,1H3. The first kappa shape index (κ1) is 8.52. The summed E-state index contributed by atoms with van der Waals surface area (Å²) >= 11 is 0. The van der Waals surface area contributed by atoms with E-state index in [4.69, 9.17) is 0 Å². The Morgan fingerprint density at radius 2 is 2.15 bits per heavy atom. The first-order valence-electron chi connectivity index (χ1n) is 4.75. The monoisotopic (exact) mass is 174 g/mol. The van der Waals surface area contributed by atoms with E-state index in [-0.39, 0.29) is 0 Å². The third kappa shape index (κ3) is 1.29. The fraction of sp³-hybridized carbons (Fsp3) is 0.333. The molecule has 0 aliphatic heterocycles. The van der Waals surface area contributed by atoms with Crippen LogP contribution in [0.4, 0.5) is 0 Å². The normalized spacial score (nSPS) is 25.7. The lowest BCUT2D eigenvalue weighted by Gasteiger charge is -2.30. The minimum atomic E-state index is -0.634. The molecule has 0 spiro atoms. The molecule has 0 saturated carbocycles. The Balaban J connectivity index is 2.55. The van der Waals surface area contributed by atoms with Crippen LogP contribution in [-0.4, -0.2) is 5.11 Å². The van der Waals surface area contributed by atoms with E-state index in [1.807, 2.05) is 37.3 Å². The van der Waals surface area contributed by atoms with Gasteiger partial charge in [-0.3, -0.25) is 0 Å². The Kier molecular flexibility index (Phi) is 1.97. The smallest absolute Gasteiger partial charge is 0.0934 e. The predicted molar refractivity (Wildman–Crippen MR) is 54.3 cm³/mol. The zero-order valence-corrected chi connectivity index (χ0v) is 7.83. The third-order valence-corrected chi connectivity index (χ3v) is 2.80. The molecular formula is C12H14O. The van der Waals surface area contributed by atoms with Gasteiger partial charge < -0.3 is 5.11 Å². The summed E-state index contributed by atoms with van der Waals surface area (Å²) in [5.74, 6) is 0. The molecule has 68 valence electrons. The zero-order valence-electron chi connectivity index (χ0n) is 7.83. The number of hydrogen-bond donors (Lipinski definition) is 1. The van der Waals surface area contributed by atoms with Crippen LogP contribution in [0.5, 0.6) is 0 Å². The van der Waals surface area contributed by atoms with Gasteiger partial charge in [0.05, 0.1) is 5.60 Å². The maximum atomic E-state index is 10.3. The molecule has 0 aromatic heterocycles. The van der Waals surface area contributed by atoms with Crippen molar-refractivity contribution in [3.8, 4) is 0 Å². The summed E-state index contributed by atoms with van der Waals surface area (Å²) in [6.07, 6.45) is 5.64. The van der Waals surface area contributed by atoms with Crippen molar-refractivity contribution < 1.29 is 5.11 Å². The summed E-state index contributed by atoms with van der Waals surface area (Å²) in [4.78, 5) is 0. The molecule has 1 aromatic carbocycles. The lowest BCUT2D eigenvalue weighted by atomic mass is 9.81. The highest BCUT2D eigenvalue weighted by Crippen LogP contribution is 2.35. The van der Waals surface area contributed by atoms with E-state index < -0.39 is 5.60 Å². The van der Waals surface area contributed by atoms with Gasteiger partial charge in [0.25, 0.3) is 0 Å². The fourth-order valence-corrected chi connectivity index (χ4v) is 1.89. The van der Waals surface area contributed by atoms with Gasteiger partial charge in [-0.15, -0.1) is 0 Å². The first-order valence-corrected chi connectivity index (χ1v) is 4.75. The Labute approximate surface area is 78.7 Å². The van der Waals surface area contributed by atoms with E-state index in [1.54, 1.807) is 0 Å². The van der Waals surface area contributed by atoms with Crippen LogP contribution < -0.4 is 0 Å². The molecule has 1 nitrogen and oxygen atoms in total. The maximum Gasteiger partial charge on any atom is 0.0934 e. The van der Waals surface area contributed by atoms with Crippen LogP contribution in [0, 0.1) is 0 Å². The highest BCUT2D eigenvalue weighted by atomic mass is 16.3. The van der Waals surface area contributed by atoms with E-state index in [1.165, 1.54) is 0 Å². The van der Waals surface area contributed by atoms with Crippen LogP contribution in [-0.2, 0) is 5.60 Å². The molecule has 13 heavy (non-hydrogen) atoms. The van der Waals surface area contributed by atoms with Crippen molar-refractivity contribution in [2.75, 3.05) is 0 Å². The van der Waals surface area contributed by atoms with Gasteiger partial charge in [-0.05, 0) is 24.0 Å². The molecule has 1 N–H and O–H groups in total. The van der Waals surface area contributed by atoms with Crippen LogP contribution >= 0.6 is 0 Å². The number of fused-ring (bicyclic) bond motifs is 1. The van der Waals surface area contributed by atoms with E-state index in [2.05, 4.69) is 6.08 Å². The van der Waals surface area contributed by atoms with Gasteiger partial charge in [-0.1, -0.05) is 43.3 Å². The molecule has 0 heterocycles.